The quantitative estimate of drug-likeness (QED) is 0.629. The molecule has 0 aliphatic carbocycles. The molecule has 0 radical (unpaired) electrons. The van der Waals surface area contributed by atoms with Crippen LogP contribution in [0, 0.1) is 5.92 Å². The predicted octanol–water partition coefficient (Wildman–Crippen LogP) is 3.71. The van der Waals surface area contributed by atoms with Crippen LogP contribution in [0.5, 0.6) is 11.5 Å². The minimum absolute atomic E-state index is 0.165. The van der Waals surface area contributed by atoms with Gasteiger partial charge in [-0.1, -0.05) is 0 Å². The topological polar surface area (TPSA) is 111 Å². The number of piperidine rings is 1. The van der Waals surface area contributed by atoms with Gasteiger partial charge in [-0.3, -0.25) is 4.79 Å². The summed E-state index contributed by atoms with van der Waals surface area (Å²) >= 11 is 0. The van der Waals surface area contributed by atoms with E-state index in [-0.39, 0.29) is 5.91 Å². The summed E-state index contributed by atoms with van der Waals surface area (Å²) in [6.07, 6.45) is 2.22. The van der Waals surface area contributed by atoms with E-state index in [1.54, 1.807) is 25.1 Å². The number of nitrogens with one attached hydrogen (secondary N) is 1. The van der Waals surface area contributed by atoms with Crippen LogP contribution in [-0.2, 0) is 4.79 Å². The number of nitrogens with two attached hydrogens (primary N) is 1. The van der Waals surface area contributed by atoms with Crippen LogP contribution in [0.4, 0.5) is 4.79 Å². The number of aromatic nitrogens is 2. The van der Waals surface area contributed by atoms with Gasteiger partial charge in [0.05, 0.1) is 17.6 Å². The maximum atomic E-state index is 11.4. The van der Waals surface area contributed by atoms with Crippen LogP contribution in [0.15, 0.2) is 42.5 Å². The Hall–Kier alpha value is -3.55. The second kappa shape index (κ2) is 9.07. The molecule has 3 N–H and O–H groups in total. The number of imidazole rings is 1. The fourth-order valence-electron chi connectivity index (χ4n) is 3.89. The van der Waals surface area contributed by atoms with Crippen LogP contribution in [0.1, 0.15) is 26.2 Å². The molecule has 0 saturated carbocycles. The number of hydrogen-bond donors (Lipinski definition) is 2. The van der Waals surface area contributed by atoms with E-state index in [0.29, 0.717) is 23.8 Å². The molecule has 0 bridgehead atoms. The van der Waals surface area contributed by atoms with E-state index < -0.39 is 6.09 Å². The summed E-state index contributed by atoms with van der Waals surface area (Å²) in [7, 11) is 0. The molecule has 2 amide bonds. The zero-order chi connectivity index (χ0) is 21.8. The van der Waals surface area contributed by atoms with E-state index in [4.69, 9.17) is 15.2 Å². The number of rotatable bonds is 6. The number of fused-ring (bicyclic) bond motifs is 1. The normalized spacial score (nSPS) is 14.5. The van der Waals surface area contributed by atoms with E-state index in [1.807, 2.05) is 29.2 Å². The van der Waals surface area contributed by atoms with E-state index in [0.717, 1.165) is 55.0 Å². The van der Waals surface area contributed by atoms with Gasteiger partial charge in [-0.05, 0) is 61.6 Å². The fraction of sp³-hybridized carbons (Fsp3) is 0.348. The Balaban J connectivity index is 1.32. The lowest BCUT2D eigenvalue weighted by Gasteiger charge is -2.31. The van der Waals surface area contributed by atoms with Crippen LogP contribution in [-0.4, -0.2) is 46.6 Å². The van der Waals surface area contributed by atoms with Gasteiger partial charge in [-0.25, -0.2) is 9.78 Å². The summed E-state index contributed by atoms with van der Waals surface area (Å²) in [6.45, 7) is 4.00. The highest BCUT2D eigenvalue weighted by molar-refractivity contribution is 5.81. The van der Waals surface area contributed by atoms with Crippen molar-refractivity contribution in [3.8, 4) is 22.9 Å². The molecule has 4 rings (SSSR count). The first kappa shape index (κ1) is 20.7. The third-order valence-electron chi connectivity index (χ3n) is 5.66. The number of likely N-dealkylation sites (tertiary alicyclic amines) is 1. The third-order valence-corrected chi connectivity index (χ3v) is 5.66. The Morgan fingerprint density at radius 3 is 2.52 bits per heavy atom. The highest BCUT2D eigenvalue weighted by Gasteiger charge is 2.20. The lowest BCUT2D eigenvalue weighted by molar-refractivity contribution is -0.130. The standard InChI is InChI=1S/C23H26N4O4/c1-15(28)27-11-8-16(9-12-27)10-13-30-18-4-2-17(3-5-18)22-25-20-7-6-19(31-23(24)29)14-21(20)26-22/h2-7,14,16H,8-13H2,1H3,(H2,24,29)(H,25,26). The summed E-state index contributed by atoms with van der Waals surface area (Å²) in [5.41, 5.74) is 7.51. The minimum atomic E-state index is -0.854. The third kappa shape index (κ3) is 5.14. The van der Waals surface area contributed by atoms with Gasteiger partial charge in [0.2, 0.25) is 5.91 Å². The Morgan fingerprint density at radius 1 is 1.13 bits per heavy atom. The van der Waals surface area contributed by atoms with Gasteiger partial charge >= 0.3 is 6.09 Å². The maximum Gasteiger partial charge on any atom is 0.409 e. The smallest absolute Gasteiger partial charge is 0.409 e. The Bertz CT molecular complexity index is 1070. The minimum Gasteiger partial charge on any atom is -0.494 e. The summed E-state index contributed by atoms with van der Waals surface area (Å²) in [5.74, 6) is 2.66. The molecule has 8 heteroatoms. The number of aromatic amines is 1. The van der Waals surface area contributed by atoms with Gasteiger partial charge in [0.15, 0.2) is 0 Å². The number of hydrogen-bond acceptors (Lipinski definition) is 5. The molecule has 0 atom stereocenters. The zero-order valence-corrected chi connectivity index (χ0v) is 17.5. The van der Waals surface area contributed by atoms with Crippen molar-refractivity contribution in [3.05, 3.63) is 42.5 Å². The van der Waals surface area contributed by atoms with E-state index in [1.165, 1.54) is 0 Å². The van der Waals surface area contributed by atoms with Crippen molar-refractivity contribution < 1.29 is 19.1 Å². The number of carbonyl (C=O) groups excluding carboxylic acids is 2. The molecule has 2 heterocycles. The zero-order valence-electron chi connectivity index (χ0n) is 17.5. The molecule has 1 aromatic heterocycles. The Labute approximate surface area is 180 Å². The Kier molecular flexibility index (Phi) is 6.06. The summed E-state index contributed by atoms with van der Waals surface area (Å²) in [4.78, 5) is 32.1. The molecule has 2 aromatic carbocycles. The molecular weight excluding hydrogens is 396 g/mol. The number of H-pyrrole nitrogens is 1. The van der Waals surface area contributed by atoms with Crippen molar-refractivity contribution in [3.63, 3.8) is 0 Å². The molecule has 0 unspecified atom stereocenters. The van der Waals surface area contributed by atoms with Gasteiger partial charge in [0, 0.05) is 31.6 Å². The lowest BCUT2D eigenvalue weighted by Crippen LogP contribution is -2.37. The summed E-state index contributed by atoms with van der Waals surface area (Å²) in [5, 5.41) is 0. The second-order valence-corrected chi connectivity index (χ2v) is 7.80. The summed E-state index contributed by atoms with van der Waals surface area (Å²) in [6, 6.07) is 12.9. The van der Waals surface area contributed by atoms with Gasteiger partial charge in [0.25, 0.3) is 0 Å². The van der Waals surface area contributed by atoms with Crippen molar-refractivity contribution in [2.45, 2.75) is 26.2 Å². The number of benzene rings is 2. The highest BCUT2D eigenvalue weighted by atomic mass is 16.5. The van der Waals surface area contributed by atoms with E-state index in [2.05, 4.69) is 9.97 Å². The van der Waals surface area contributed by atoms with Crippen molar-refractivity contribution in [1.82, 2.24) is 14.9 Å². The number of carbonyl (C=O) groups is 2. The number of primary amides is 1. The first-order chi connectivity index (χ1) is 15.0. The van der Waals surface area contributed by atoms with Gasteiger partial charge < -0.3 is 25.1 Å². The molecule has 8 nitrogen and oxygen atoms in total. The first-order valence-electron chi connectivity index (χ1n) is 10.4. The van der Waals surface area contributed by atoms with Crippen LogP contribution in [0.3, 0.4) is 0 Å². The monoisotopic (exact) mass is 422 g/mol. The van der Waals surface area contributed by atoms with Crippen molar-refractivity contribution in [1.29, 1.82) is 0 Å². The number of ether oxygens (including phenoxy) is 2. The van der Waals surface area contributed by atoms with Gasteiger partial charge in [-0.2, -0.15) is 0 Å². The predicted molar refractivity (Wildman–Crippen MR) is 117 cm³/mol. The molecule has 31 heavy (non-hydrogen) atoms. The van der Waals surface area contributed by atoms with Crippen LogP contribution in [0.25, 0.3) is 22.4 Å². The average molecular weight is 422 g/mol. The first-order valence-corrected chi connectivity index (χ1v) is 10.4. The molecule has 162 valence electrons. The Morgan fingerprint density at radius 2 is 1.84 bits per heavy atom. The molecule has 1 saturated heterocycles. The maximum absolute atomic E-state index is 11.4. The summed E-state index contributed by atoms with van der Waals surface area (Å²) < 4.78 is 10.8. The average Bonchev–Trinajstić information content (AvgIpc) is 3.17. The number of nitrogens with zero attached hydrogens (tertiary/aromatic N) is 2. The largest absolute Gasteiger partial charge is 0.494 e. The molecule has 1 aliphatic rings. The van der Waals surface area contributed by atoms with E-state index >= 15 is 0 Å². The van der Waals surface area contributed by atoms with E-state index in [9.17, 15) is 9.59 Å². The molecule has 1 fully saturated rings. The van der Waals surface area contributed by atoms with Crippen molar-refractivity contribution in [2.75, 3.05) is 19.7 Å². The number of amides is 2. The van der Waals surface area contributed by atoms with Crippen molar-refractivity contribution in [2.24, 2.45) is 11.7 Å². The van der Waals surface area contributed by atoms with Crippen molar-refractivity contribution >= 4 is 23.0 Å². The SMILES string of the molecule is CC(=O)N1CCC(CCOc2ccc(-c3nc4cc(OC(N)=O)ccc4[nH]3)cc2)CC1. The van der Waals surface area contributed by atoms with Crippen LogP contribution in [0.2, 0.25) is 0 Å². The molecule has 3 aromatic rings. The molecular formula is C23H26N4O4. The highest BCUT2D eigenvalue weighted by Crippen LogP contribution is 2.26. The van der Waals surface area contributed by atoms with Crippen LogP contribution < -0.4 is 15.2 Å². The molecule has 1 aliphatic heterocycles. The second-order valence-electron chi connectivity index (χ2n) is 7.80. The van der Waals surface area contributed by atoms with Gasteiger partial charge in [0.1, 0.15) is 17.3 Å². The fourth-order valence-corrected chi connectivity index (χ4v) is 3.89. The van der Waals surface area contributed by atoms with Gasteiger partial charge in [-0.15, -0.1) is 0 Å². The molecule has 0 spiro atoms. The lowest BCUT2D eigenvalue weighted by atomic mass is 9.94. The van der Waals surface area contributed by atoms with Crippen LogP contribution >= 0.6 is 0 Å².